The molecule has 0 saturated carbocycles. The predicted molar refractivity (Wildman–Crippen MR) is 69.2 cm³/mol. The van der Waals surface area contributed by atoms with E-state index in [1.807, 2.05) is 0 Å². The zero-order valence-electron chi connectivity index (χ0n) is 9.78. The van der Waals surface area contributed by atoms with E-state index in [0.717, 1.165) is 16.9 Å². The Morgan fingerprint density at radius 3 is 2.50 bits per heavy atom. The second kappa shape index (κ2) is 4.82. The van der Waals surface area contributed by atoms with Gasteiger partial charge in [-0.2, -0.15) is 18.3 Å². The van der Waals surface area contributed by atoms with Crippen LogP contribution in [0.25, 0.3) is 5.69 Å². The molecule has 0 aliphatic rings. The Bertz CT molecular complexity index is 681. The average molecular weight is 349 g/mol. The van der Waals surface area contributed by atoms with Crippen molar-refractivity contribution in [3.8, 4) is 5.69 Å². The summed E-state index contributed by atoms with van der Waals surface area (Å²) in [5, 5.41) is 3.69. The van der Waals surface area contributed by atoms with Gasteiger partial charge in [-0.05, 0) is 18.2 Å². The molecule has 0 aliphatic heterocycles. The number of alkyl halides is 3. The molecule has 0 saturated heterocycles. The number of rotatable bonds is 2. The van der Waals surface area contributed by atoms with E-state index in [1.165, 1.54) is 12.1 Å². The van der Waals surface area contributed by atoms with E-state index in [4.69, 9.17) is 11.5 Å². The smallest absolute Gasteiger partial charge is 0.396 e. The van der Waals surface area contributed by atoms with Crippen LogP contribution in [0.15, 0.2) is 28.9 Å². The number of aromatic nitrogens is 2. The molecule has 5 nitrogen and oxygen atoms in total. The number of anilines is 1. The highest BCUT2D eigenvalue weighted by Crippen LogP contribution is 2.35. The number of hydrogen-bond acceptors (Lipinski definition) is 3. The molecule has 1 heterocycles. The lowest BCUT2D eigenvalue weighted by molar-refractivity contribution is -0.137. The van der Waals surface area contributed by atoms with E-state index in [0.29, 0.717) is 0 Å². The van der Waals surface area contributed by atoms with Gasteiger partial charge >= 0.3 is 6.18 Å². The molecule has 1 aromatic heterocycles. The average Bonchev–Trinajstić information content (AvgIpc) is 2.70. The summed E-state index contributed by atoms with van der Waals surface area (Å²) >= 11 is 2.98. The maximum absolute atomic E-state index is 13.0. The number of nitrogens with two attached hydrogens (primary N) is 2. The van der Waals surface area contributed by atoms with E-state index in [9.17, 15) is 18.0 Å². The summed E-state index contributed by atoms with van der Waals surface area (Å²) in [5.74, 6) is -0.910. The lowest BCUT2D eigenvalue weighted by atomic mass is 10.1. The highest BCUT2D eigenvalue weighted by atomic mass is 79.9. The molecular weight excluding hydrogens is 341 g/mol. The number of primary amides is 1. The minimum atomic E-state index is -4.58. The molecule has 0 fully saturated rings. The fraction of sp³-hybridized carbons (Fsp3) is 0.0909. The fourth-order valence-corrected chi connectivity index (χ4v) is 2.00. The maximum atomic E-state index is 13.0. The third-order valence-electron chi connectivity index (χ3n) is 2.49. The number of nitrogen functional groups attached to an aromatic ring is 1. The van der Waals surface area contributed by atoms with Crippen molar-refractivity contribution in [2.75, 3.05) is 5.73 Å². The third-order valence-corrected chi connectivity index (χ3v) is 2.98. The SMILES string of the molecule is NC(=O)c1nn(-c2ccc(Br)cc2C(F)(F)F)cc1N. The molecule has 20 heavy (non-hydrogen) atoms. The molecule has 1 aromatic carbocycles. The Labute approximate surface area is 119 Å². The van der Waals surface area contributed by atoms with Gasteiger partial charge < -0.3 is 11.5 Å². The largest absolute Gasteiger partial charge is 0.418 e. The lowest BCUT2D eigenvalue weighted by Gasteiger charge is -2.13. The Hall–Kier alpha value is -2.03. The van der Waals surface area contributed by atoms with Crippen molar-refractivity contribution in [2.45, 2.75) is 6.18 Å². The van der Waals surface area contributed by atoms with Crippen LogP contribution >= 0.6 is 15.9 Å². The first-order valence-corrected chi connectivity index (χ1v) is 6.01. The number of carbonyl (C=O) groups excluding carboxylic acids is 1. The number of carbonyl (C=O) groups is 1. The number of halogens is 4. The van der Waals surface area contributed by atoms with Crippen LogP contribution in [-0.4, -0.2) is 15.7 Å². The monoisotopic (exact) mass is 348 g/mol. The molecule has 0 unspecified atom stereocenters. The molecule has 9 heteroatoms. The molecule has 0 spiro atoms. The third kappa shape index (κ3) is 2.62. The highest BCUT2D eigenvalue weighted by molar-refractivity contribution is 9.10. The summed E-state index contributed by atoms with van der Waals surface area (Å²) in [6.45, 7) is 0. The summed E-state index contributed by atoms with van der Waals surface area (Å²) in [6.07, 6.45) is -3.47. The molecule has 106 valence electrons. The number of nitrogens with zero attached hydrogens (tertiary/aromatic N) is 2. The van der Waals surface area contributed by atoms with Crippen LogP contribution in [0, 0.1) is 0 Å². The van der Waals surface area contributed by atoms with Crippen LogP contribution in [0.1, 0.15) is 16.1 Å². The molecule has 2 aromatic rings. The van der Waals surface area contributed by atoms with Crippen molar-refractivity contribution >= 4 is 27.5 Å². The van der Waals surface area contributed by atoms with Gasteiger partial charge in [-0.3, -0.25) is 4.79 Å². The zero-order chi connectivity index (χ0) is 15.1. The standard InChI is InChI=1S/C11H8BrF3N4O/c12-5-1-2-8(6(3-5)11(13,14)15)19-4-7(16)9(18-19)10(17)20/h1-4H,16H2,(H2,17,20). The first-order chi connectivity index (χ1) is 9.20. The van der Waals surface area contributed by atoms with Crippen molar-refractivity contribution in [1.29, 1.82) is 0 Å². The topological polar surface area (TPSA) is 86.9 Å². The van der Waals surface area contributed by atoms with Crippen LogP contribution < -0.4 is 11.5 Å². The number of hydrogen-bond donors (Lipinski definition) is 2. The number of benzene rings is 1. The summed E-state index contributed by atoms with van der Waals surface area (Å²) in [6, 6.07) is 3.55. The maximum Gasteiger partial charge on any atom is 0.418 e. The van der Waals surface area contributed by atoms with Gasteiger partial charge in [-0.15, -0.1) is 0 Å². The predicted octanol–water partition coefficient (Wildman–Crippen LogP) is 2.33. The van der Waals surface area contributed by atoms with Crippen LogP contribution in [-0.2, 0) is 6.18 Å². The minimum Gasteiger partial charge on any atom is -0.396 e. The molecule has 0 atom stereocenters. The fourth-order valence-electron chi connectivity index (χ4n) is 1.64. The highest BCUT2D eigenvalue weighted by Gasteiger charge is 2.34. The van der Waals surface area contributed by atoms with E-state index >= 15 is 0 Å². The molecule has 0 aliphatic carbocycles. The van der Waals surface area contributed by atoms with Gasteiger partial charge in [0.15, 0.2) is 5.69 Å². The first-order valence-electron chi connectivity index (χ1n) is 5.22. The van der Waals surface area contributed by atoms with E-state index in [2.05, 4.69) is 21.0 Å². The van der Waals surface area contributed by atoms with Gasteiger partial charge in [0.25, 0.3) is 5.91 Å². The number of amides is 1. The van der Waals surface area contributed by atoms with Gasteiger partial charge in [0.1, 0.15) is 0 Å². The normalized spacial score (nSPS) is 11.6. The zero-order valence-corrected chi connectivity index (χ0v) is 11.4. The Morgan fingerprint density at radius 1 is 1.35 bits per heavy atom. The quantitative estimate of drug-likeness (QED) is 0.873. The van der Waals surface area contributed by atoms with Crippen LogP contribution in [0.3, 0.4) is 0 Å². The van der Waals surface area contributed by atoms with Crippen LogP contribution in [0.5, 0.6) is 0 Å². The Kier molecular flexibility index (Phi) is 3.46. The summed E-state index contributed by atoms with van der Waals surface area (Å²) in [7, 11) is 0. The molecule has 4 N–H and O–H groups in total. The Balaban J connectivity index is 2.64. The van der Waals surface area contributed by atoms with Gasteiger partial charge in [0.2, 0.25) is 0 Å². The van der Waals surface area contributed by atoms with Gasteiger partial charge in [0, 0.05) is 4.47 Å². The van der Waals surface area contributed by atoms with Gasteiger partial charge in [0.05, 0.1) is 23.1 Å². The van der Waals surface area contributed by atoms with Gasteiger partial charge in [-0.25, -0.2) is 4.68 Å². The van der Waals surface area contributed by atoms with Crippen molar-refractivity contribution in [2.24, 2.45) is 5.73 Å². The second-order valence-electron chi connectivity index (χ2n) is 3.90. The second-order valence-corrected chi connectivity index (χ2v) is 4.82. The molecule has 2 rings (SSSR count). The van der Waals surface area contributed by atoms with Crippen LogP contribution in [0.2, 0.25) is 0 Å². The summed E-state index contributed by atoms with van der Waals surface area (Å²) in [5.41, 5.74) is 9.00. The summed E-state index contributed by atoms with van der Waals surface area (Å²) < 4.78 is 40.1. The van der Waals surface area contributed by atoms with E-state index < -0.39 is 17.6 Å². The van der Waals surface area contributed by atoms with Gasteiger partial charge in [-0.1, -0.05) is 15.9 Å². The first kappa shape index (κ1) is 14.4. The van der Waals surface area contributed by atoms with E-state index in [-0.39, 0.29) is 21.5 Å². The van der Waals surface area contributed by atoms with Crippen molar-refractivity contribution in [1.82, 2.24) is 9.78 Å². The lowest BCUT2D eigenvalue weighted by Crippen LogP contribution is -2.15. The Morgan fingerprint density at radius 2 is 2.00 bits per heavy atom. The molecule has 1 amide bonds. The van der Waals surface area contributed by atoms with Crippen molar-refractivity contribution in [3.05, 3.63) is 40.1 Å². The minimum absolute atomic E-state index is 0.0893. The van der Waals surface area contributed by atoms with Crippen molar-refractivity contribution < 1.29 is 18.0 Å². The summed E-state index contributed by atoms with van der Waals surface area (Å²) in [4.78, 5) is 11.0. The molecular formula is C11H8BrF3N4O. The molecule has 0 radical (unpaired) electrons. The van der Waals surface area contributed by atoms with Crippen molar-refractivity contribution in [3.63, 3.8) is 0 Å². The van der Waals surface area contributed by atoms with Crippen LogP contribution in [0.4, 0.5) is 18.9 Å². The molecule has 0 bridgehead atoms. The van der Waals surface area contributed by atoms with E-state index in [1.54, 1.807) is 0 Å².